The lowest BCUT2D eigenvalue weighted by molar-refractivity contribution is 0.0956. The summed E-state index contributed by atoms with van der Waals surface area (Å²) >= 11 is 0. The van der Waals surface area contributed by atoms with Gasteiger partial charge in [0.1, 0.15) is 0 Å². The molecule has 0 aromatic heterocycles. The number of hydrogen-bond acceptors (Lipinski definition) is 3. The van der Waals surface area contributed by atoms with Gasteiger partial charge in [0.2, 0.25) is 10.0 Å². The highest BCUT2D eigenvalue weighted by Gasteiger charge is 2.22. The molecule has 0 spiro atoms. The summed E-state index contributed by atoms with van der Waals surface area (Å²) in [5, 5.41) is 4.60. The minimum atomic E-state index is -3.66. The van der Waals surface area contributed by atoms with Gasteiger partial charge in [0.15, 0.2) is 0 Å². The molecule has 144 valence electrons. The Morgan fingerprint density at radius 2 is 1.68 bits per heavy atom. The number of carbonyl (C=O) groups is 1. The maximum absolute atomic E-state index is 12.9. The minimum Gasteiger partial charge on any atom is -0.352 e. The van der Waals surface area contributed by atoms with Crippen molar-refractivity contribution in [2.24, 2.45) is 0 Å². The summed E-state index contributed by atoms with van der Waals surface area (Å²) in [6.07, 6.45) is 1.92. The van der Waals surface area contributed by atoms with Crippen molar-refractivity contribution in [1.29, 1.82) is 0 Å². The molecule has 5 nitrogen and oxygen atoms in total. The molecule has 0 unspecified atom stereocenters. The fourth-order valence-electron chi connectivity index (χ4n) is 3.75. The largest absolute Gasteiger partial charge is 0.352 e. The van der Waals surface area contributed by atoms with E-state index in [1.807, 2.05) is 25.1 Å². The molecule has 0 saturated heterocycles. The van der Waals surface area contributed by atoms with Crippen molar-refractivity contribution in [2.45, 2.75) is 31.2 Å². The van der Waals surface area contributed by atoms with Gasteiger partial charge in [0.25, 0.3) is 5.91 Å². The Morgan fingerprint density at radius 1 is 0.964 bits per heavy atom. The van der Waals surface area contributed by atoms with Crippen molar-refractivity contribution >= 4 is 26.7 Å². The standard InChI is InChI=1S/C22H22N2O3S/c1-2-23-22(25)18-8-6-15(7-9-18)14-24-28(26,27)20-13-12-17-11-10-16-4-3-5-19(20)21(16)17/h3-9,12-13,24H,2,10-11,14H2,1H3,(H,23,25). The van der Waals surface area contributed by atoms with Crippen LogP contribution >= 0.6 is 0 Å². The van der Waals surface area contributed by atoms with Crippen LogP contribution in [-0.4, -0.2) is 20.9 Å². The lowest BCUT2D eigenvalue weighted by Gasteiger charge is -2.11. The first kappa shape index (κ1) is 18.7. The first-order valence-corrected chi connectivity index (χ1v) is 10.9. The SMILES string of the molecule is CCNC(=O)c1ccc(CNS(=O)(=O)c2ccc3c4c(cccc24)CC3)cc1. The van der Waals surface area contributed by atoms with E-state index in [0.717, 1.165) is 29.2 Å². The first-order chi connectivity index (χ1) is 13.5. The average Bonchev–Trinajstić information content (AvgIpc) is 3.12. The van der Waals surface area contributed by atoms with Crippen molar-refractivity contribution in [1.82, 2.24) is 10.0 Å². The number of hydrogen-bond donors (Lipinski definition) is 2. The van der Waals surface area contributed by atoms with E-state index in [2.05, 4.69) is 16.1 Å². The Labute approximate surface area is 164 Å². The fraction of sp³-hybridized carbons (Fsp3) is 0.227. The molecular formula is C22H22N2O3S. The predicted octanol–water partition coefficient (Wildman–Crippen LogP) is 3.17. The normalized spacial score (nSPS) is 13.0. The van der Waals surface area contributed by atoms with Gasteiger partial charge < -0.3 is 5.32 Å². The quantitative estimate of drug-likeness (QED) is 0.674. The predicted molar refractivity (Wildman–Crippen MR) is 110 cm³/mol. The van der Waals surface area contributed by atoms with E-state index in [0.29, 0.717) is 17.0 Å². The summed E-state index contributed by atoms with van der Waals surface area (Å²) in [6.45, 7) is 2.59. The Hall–Kier alpha value is -2.70. The molecular weight excluding hydrogens is 372 g/mol. The Bertz CT molecular complexity index is 1140. The minimum absolute atomic E-state index is 0.137. The van der Waals surface area contributed by atoms with Crippen LogP contribution in [0.4, 0.5) is 0 Å². The molecule has 1 aliphatic rings. The van der Waals surface area contributed by atoms with Crippen molar-refractivity contribution < 1.29 is 13.2 Å². The van der Waals surface area contributed by atoms with Crippen LogP contribution in [0.25, 0.3) is 10.8 Å². The van der Waals surface area contributed by atoms with Crippen LogP contribution in [0.1, 0.15) is 34.0 Å². The van der Waals surface area contributed by atoms with Gasteiger partial charge in [0.05, 0.1) is 4.90 Å². The Kier molecular flexibility index (Phi) is 4.91. The lowest BCUT2D eigenvalue weighted by atomic mass is 10.1. The number of benzene rings is 3. The van der Waals surface area contributed by atoms with Gasteiger partial charge in [-0.3, -0.25) is 4.79 Å². The zero-order valence-electron chi connectivity index (χ0n) is 15.7. The molecule has 1 amide bonds. The number of amides is 1. The van der Waals surface area contributed by atoms with Crippen LogP contribution in [0.5, 0.6) is 0 Å². The van der Waals surface area contributed by atoms with E-state index < -0.39 is 10.0 Å². The average molecular weight is 394 g/mol. The third kappa shape index (κ3) is 3.41. The molecule has 3 aromatic carbocycles. The highest BCUT2D eigenvalue weighted by molar-refractivity contribution is 7.89. The Morgan fingerprint density at radius 3 is 2.39 bits per heavy atom. The van der Waals surface area contributed by atoms with E-state index in [1.54, 1.807) is 30.3 Å². The van der Waals surface area contributed by atoms with Crippen molar-refractivity contribution in [3.63, 3.8) is 0 Å². The monoisotopic (exact) mass is 394 g/mol. The number of rotatable bonds is 6. The highest BCUT2D eigenvalue weighted by Crippen LogP contribution is 2.34. The number of sulfonamides is 1. The molecule has 1 aliphatic carbocycles. The van der Waals surface area contributed by atoms with Gasteiger partial charge in [-0.2, -0.15) is 0 Å². The molecule has 2 N–H and O–H groups in total. The molecule has 0 fully saturated rings. The molecule has 0 saturated carbocycles. The van der Waals surface area contributed by atoms with E-state index in [1.165, 1.54) is 11.1 Å². The van der Waals surface area contributed by atoms with Crippen LogP contribution in [0, 0.1) is 0 Å². The summed E-state index contributed by atoms with van der Waals surface area (Å²) in [7, 11) is -3.66. The summed E-state index contributed by atoms with van der Waals surface area (Å²) in [6, 6.07) is 16.4. The molecule has 0 heterocycles. The van der Waals surface area contributed by atoms with Gasteiger partial charge >= 0.3 is 0 Å². The van der Waals surface area contributed by atoms with Crippen molar-refractivity contribution in [2.75, 3.05) is 6.54 Å². The topological polar surface area (TPSA) is 75.3 Å². The molecule has 0 bridgehead atoms. The maximum Gasteiger partial charge on any atom is 0.251 e. The van der Waals surface area contributed by atoms with Crippen LogP contribution in [0.15, 0.2) is 59.5 Å². The van der Waals surface area contributed by atoms with E-state index in [4.69, 9.17) is 0 Å². The molecule has 3 aromatic rings. The third-order valence-electron chi connectivity index (χ3n) is 5.15. The summed E-state index contributed by atoms with van der Waals surface area (Å²) in [5.41, 5.74) is 3.78. The van der Waals surface area contributed by atoms with Gasteiger partial charge in [0, 0.05) is 24.0 Å². The second-order valence-electron chi connectivity index (χ2n) is 6.94. The van der Waals surface area contributed by atoms with Crippen molar-refractivity contribution in [3.8, 4) is 0 Å². The van der Waals surface area contributed by atoms with Crippen LogP contribution in [0.3, 0.4) is 0 Å². The summed E-state index contributed by atoms with van der Waals surface area (Å²) in [4.78, 5) is 12.1. The molecule has 0 radical (unpaired) electrons. The lowest BCUT2D eigenvalue weighted by Crippen LogP contribution is -2.24. The molecule has 0 atom stereocenters. The van der Waals surface area contributed by atoms with Gasteiger partial charge in [-0.25, -0.2) is 13.1 Å². The second-order valence-corrected chi connectivity index (χ2v) is 8.68. The van der Waals surface area contributed by atoms with Gasteiger partial charge in [-0.15, -0.1) is 0 Å². The fourth-order valence-corrected chi connectivity index (χ4v) is 4.97. The Balaban J connectivity index is 1.56. The molecule has 6 heteroatoms. The molecule has 0 aliphatic heterocycles. The number of nitrogens with one attached hydrogen (secondary N) is 2. The van der Waals surface area contributed by atoms with E-state index >= 15 is 0 Å². The second kappa shape index (κ2) is 7.37. The molecule has 28 heavy (non-hydrogen) atoms. The maximum atomic E-state index is 12.9. The van der Waals surface area contributed by atoms with Crippen molar-refractivity contribution in [3.05, 3.63) is 76.9 Å². The van der Waals surface area contributed by atoms with Gasteiger partial charge in [-0.1, -0.05) is 36.4 Å². The molecule has 4 rings (SSSR count). The zero-order chi connectivity index (χ0) is 19.7. The first-order valence-electron chi connectivity index (χ1n) is 9.40. The zero-order valence-corrected chi connectivity index (χ0v) is 16.5. The smallest absolute Gasteiger partial charge is 0.251 e. The summed E-state index contributed by atoms with van der Waals surface area (Å²) < 4.78 is 28.6. The summed E-state index contributed by atoms with van der Waals surface area (Å²) in [5.74, 6) is -0.137. The van der Waals surface area contributed by atoms with Gasteiger partial charge in [-0.05, 0) is 60.0 Å². The number of carbonyl (C=O) groups excluding carboxylic acids is 1. The third-order valence-corrected chi connectivity index (χ3v) is 6.61. The highest BCUT2D eigenvalue weighted by atomic mass is 32.2. The van der Waals surface area contributed by atoms with Crippen LogP contribution in [0.2, 0.25) is 0 Å². The van der Waals surface area contributed by atoms with Crippen LogP contribution in [-0.2, 0) is 29.4 Å². The van der Waals surface area contributed by atoms with E-state index in [-0.39, 0.29) is 12.5 Å². The van der Waals surface area contributed by atoms with E-state index in [9.17, 15) is 13.2 Å². The van der Waals surface area contributed by atoms with Crippen LogP contribution < -0.4 is 10.0 Å². The number of aryl methyl sites for hydroxylation is 2.